The first-order chi connectivity index (χ1) is 15.6. The molecular weight excluding hydrogens is 402 g/mol. The largest absolute Gasteiger partial charge is 0.364 e. The molecule has 5 rings (SSSR count). The number of carbonyl (C=O) groups is 1. The molecular formula is C25H25N5O2. The van der Waals surface area contributed by atoms with Gasteiger partial charge < -0.3 is 4.52 Å². The minimum atomic E-state index is -0.0968. The van der Waals surface area contributed by atoms with Crippen molar-refractivity contribution in [3.05, 3.63) is 71.9 Å². The molecule has 0 spiro atoms. The fourth-order valence-electron chi connectivity index (χ4n) is 4.62. The van der Waals surface area contributed by atoms with Crippen LogP contribution >= 0.6 is 0 Å². The highest BCUT2D eigenvalue weighted by Crippen LogP contribution is 2.47. The third-order valence-corrected chi connectivity index (χ3v) is 6.37. The van der Waals surface area contributed by atoms with E-state index >= 15 is 0 Å². The number of aromatic amines is 1. The monoisotopic (exact) mass is 427 g/mol. The first-order valence-corrected chi connectivity index (χ1v) is 11.0. The van der Waals surface area contributed by atoms with E-state index in [2.05, 4.69) is 34.2 Å². The smallest absolute Gasteiger partial charge is 0.277 e. The van der Waals surface area contributed by atoms with Crippen LogP contribution in [-0.4, -0.2) is 26.2 Å². The Morgan fingerprint density at radius 1 is 1.06 bits per heavy atom. The maximum atomic E-state index is 13.6. The summed E-state index contributed by atoms with van der Waals surface area (Å²) in [6.45, 7) is 6.31. The lowest BCUT2D eigenvalue weighted by atomic mass is 9.87. The number of carbonyl (C=O) groups excluding carboxylic acids is 1. The molecule has 162 valence electrons. The van der Waals surface area contributed by atoms with Crippen LogP contribution in [0, 0.1) is 12.8 Å². The van der Waals surface area contributed by atoms with E-state index in [1.807, 2.05) is 60.5 Å². The Morgan fingerprint density at radius 2 is 1.81 bits per heavy atom. The molecule has 0 bridgehead atoms. The lowest BCUT2D eigenvalue weighted by molar-refractivity contribution is 0.0979. The first kappa shape index (κ1) is 20.2. The summed E-state index contributed by atoms with van der Waals surface area (Å²) in [4.78, 5) is 19.9. The highest BCUT2D eigenvalue weighted by atomic mass is 16.5. The number of H-pyrrole nitrogens is 1. The van der Waals surface area contributed by atoms with E-state index in [1.54, 1.807) is 6.26 Å². The number of rotatable bonds is 6. The van der Waals surface area contributed by atoms with Gasteiger partial charge in [-0.05, 0) is 37.1 Å². The van der Waals surface area contributed by atoms with Crippen LogP contribution in [-0.2, 0) is 0 Å². The van der Waals surface area contributed by atoms with E-state index in [-0.39, 0.29) is 11.9 Å². The molecule has 0 fully saturated rings. The predicted molar refractivity (Wildman–Crippen MR) is 122 cm³/mol. The molecule has 7 heteroatoms. The summed E-state index contributed by atoms with van der Waals surface area (Å²) in [5.41, 5.74) is 6.77. The summed E-state index contributed by atoms with van der Waals surface area (Å²) in [6.07, 6.45) is 5.29. The van der Waals surface area contributed by atoms with Crippen LogP contribution in [0.1, 0.15) is 54.5 Å². The molecule has 4 heterocycles. The van der Waals surface area contributed by atoms with Gasteiger partial charge in [0.1, 0.15) is 17.7 Å². The fraction of sp³-hybridized carbons (Fsp3) is 0.280. The lowest BCUT2D eigenvalue weighted by Crippen LogP contribution is -2.32. The molecule has 7 nitrogen and oxygen atoms in total. The zero-order valence-electron chi connectivity index (χ0n) is 18.4. The second-order valence-corrected chi connectivity index (χ2v) is 8.18. The molecule has 0 aliphatic carbocycles. The number of nitrogens with one attached hydrogen (secondary N) is 1. The van der Waals surface area contributed by atoms with Crippen LogP contribution in [0.15, 0.2) is 59.4 Å². The van der Waals surface area contributed by atoms with Crippen LogP contribution in [0.2, 0.25) is 0 Å². The van der Waals surface area contributed by atoms with Crippen molar-refractivity contribution in [2.24, 2.45) is 5.92 Å². The van der Waals surface area contributed by atoms with Gasteiger partial charge in [-0.1, -0.05) is 44.0 Å². The molecule has 0 saturated heterocycles. The maximum absolute atomic E-state index is 13.6. The molecule has 4 aromatic rings. The van der Waals surface area contributed by atoms with E-state index in [0.29, 0.717) is 11.6 Å². The van der Waals surface area contributed by atoms with Gasteiger partial charge in [-0.25, -0.2) is 0 Å². The Bertz CT molecular complexity index is 1220. The average Bonchev–Trinajstić information content (AvgIpc) is 3.55. The van der Waals surface area contributed by atoms with Crippen LogP contribution in [0.25, 0.3) is 22.5 Å². The quantitative estimate of drug-likeness (QED) is 0.434. The maximum Gasteiger partial charge on any atom is 0.277 e. The molecule has 1 unspecified atom stereocenters. The lowest BCUT2D eigenvalue weighted by Gasteiger charge is -2.31. The van der Waals surface area contributed by atoms with Gasteiger partial charge in [0.15, 0.2) is 0 Å². The number of pyridine rings is 1. The standard InChI is InChI=1S/C25H25N5O2/c1-4-16(5-2)24-21-22(18-7-6-15(3)26-14-18)27-28-23(21)25(31)30(24)19-10-8-17(9-11-19)20-12-13-32-29-20/h6-14,16,24H,4-5H2,1-3H3,(H,27,28). The van der Waals surface area contributed by atoms with Crippen molar-refractivity contribution in [3.8, 4) is 22.5 Å². The van der Waals surface area contributed by atoms with Gasteiger partial charge in [-0.2, -0.15) is 5.10 Å². The van der Waals surface area contributed by atoms with Gasteiger partial charge in [-0.3, -0.25) is 19.8 Å². The highest BCUT2D eigenvalue weighted by Gasteiger charge is 2.44. The van der Waals surface area contributed by atoms with Crippen LogP contribution in [0.3, 0.4) is 0 Å². The van der Waals surface area contributed by atoms with E-state index < -0.39 is 0 Å². The van der Waals surface area contributed by atoms with Crippen LogP contribution in [0.5, 0.6) is 0 Å². The topological polar surface area (TPSA) is 87.9 Å². The second kappa shape index (κ2) is 8.07. The average molecular weight is 428 g/mol. The Morgan fingerprint density at radius 3 is 2.44 bits per heavy atom. The summed E-state index contributed by atoms with van der Waals surface area (Å²) < 4.78 is 4.96. The number of nitrogens with zero attached hydrogens (tertiary/aromatic N) is 4. The van der Waals surface area contributed by atoms with Crippen molar-refractivity contribution in [2.45, 2.75) is 39.7 Å². The Balaban J connectivity index is 1.60. The highest BCUT2D eigenvalue weighted by molar-refractivity contribution is 6.11. The summed E-state index contributed by atoms with van der Waals surface area (Å²) in [5.74, 6) is 0.245. The number of hydrogen-bond acceptors (Lipinski definition) is 5. The van der Waals surface area contributed by atoms with Gasteiger partial charge in [0.25, 0.3) is 5.91 Å². The molecule has 1 atom stereocenters. The van der Waals surface area contributed by atoms with Crippen molar-refractivity contribution in [1.82, 2.24) is 20.3 Å². The molecule has 1 amide bonds. The van der Waals surface area contributed by atoms with Crippen LogP contribution in [0.4, 0.5) is 5.69 Å². The number of hydrogen-bond donors (Lipinski definition) is 1. The fourth-order valence-corrected chi connectivity index (χ4v) is 4.62. The van der Waals surface area contributed by atoms with Gasteiger partial charge in [-0.15, -0.1) is 0 Å². The molecule has 1 N–H and O–H groups in total. The van der Waals surface area contributed by atoms with Crippen LogP contribution < -0.4 is 4.90 Å². The summed E-state index contributed by atoms with van der Waals surface area (Å²) in [7, 11) is 0. The SMILES string of the molecule is CCC(CC)C1c2c(-c3ccc(C)nc3)n[nH]c2C(=O)N1c1ccc(-c2ccon2)cc1. The Kier molecular flexibility index (Phi) is 5.09. The van der Waals surface area contributed by atoms with Crippen molar-refractivity contribution in [1.29, 1.82) is 0 Å². The van der Waals surface area contributed by atoms with E-state index in [1.165, 1.54) is 0 Å². The number of amides is 1. The zero-order valence-corrected chi connectivity index (χ0v) is 18.4. The van der Waals surface area contributed by atoms with Crippen molar-refractivity contribution >= 4 is 11.6 Å². The molecule has 1 aliphatic heterocycles. The van der Waals surface area contributed by atoms with E-state index in [9.17, 15) is 4.79 Å². The second-order valence-electron chi connectivity index (χ2n) is 8.18. The summed E-state index contributed by atoms with van der Waals surface area (Å²) in [6, 6.07) is 13.6. The summed E-state index contributed by atoms with van der Waals surface area (Å²) >= 11 is 0. The minimum Gasteiger partial charge on any atom is -0.364 e. The molecule has 3 aromatic heterocycles. The minimum absolute atomic E-state index is 0.0510. The summed E-state index contributed by atoms with van der Waals surface area (Å²) in [5, 5.41) is 11.6. The first-order valence-electron chi connectivity index (χ1n) is 11.0. The van der Waals surface area contributed by atoms with E-state index in [4.69, 9.17) is 4.52 Å². The van der Waals surface area contributed by atoms with Gasteiger partial charge >= 0.3 is 0 Å². The molecule has 1 aliphatic rings. The van der Waals surface area contributed by atoms with Crippen molar-refractivity contribution in [2.75, 3.05) is 4.90 Å². The molecule has 0 radical (unpaired) electrons. The number of anilines is 1. The molecule has 0 saturated carbocycles. The van der Waals surface area contributed by atoms with Gasteiger partial charge in [0.2, 0.25) is 0 Å². The zero-order chi connectivity index (χ0) is 22.2. The Hall–Kier alpha value is -3.74. The third kappa shape index (κ3) is 3.21. The van der Waals surface area contributed by atoms with Crippen molar-refractivity contribution < 1.29 is 9.32 Å². The number of aromatic nitrogens is 4. The predicted octanol–water partition coefficient (Wildman–Crippen LogP) is 5.57. The normalized spacial score (nSPS) is 15.6. The van der Waals surface area contributed by atoms with E-state index in [0.717, 1.165) is 52.3 Å². The Labute approximate surface area is 186 Å². The number of aryl methyl sites for hydroxylation is 1. The molecule has 1 aromatic carbocycles. The number of benzene rings is 1. The third-order valence-electron chi connectivity index (χ3n) is 6.37. The molecule has 32 heavy (non-hydrogen) atoms. The van der Waals surface area contributed by atoms with Gasteiger partial charge in [0, 0.05) is 40.3 Å². The number of fused-ring (bicyclic) bond motifs is 1. The van der Waals surface area contributed by atoms with Gasteiger partial charge in [0.05, 0.1) is 11.7 Å². The van der Waals surface area contributed by atoms with Crippen molar-refractivity contribution in [3.63, 3.8) is 0 Å².